The van der Waals surface area contributed by atoms with Gasteiger partial charge in [0.25, 0.3) is 0 Å². The lowest BCUT2D eigenvalue weighted by Gasteiger charge is -1.94. The highest BCUT2D eigenvalue weighted by Crippen LogP contribution is 2.20. The Hall–Kier alpha value is -1.51. The van der Waals surface area contributed by atoms with E-state index in [1.807, 2.05) is 7.05 Å². The Kier molecular flexibility index (Phi) is 1.50. The molecule has 2 aromatic rings. The van der Waals surface area contributed by atoms with Gasteiger partial charge in [-0.05, 0) is 24.6 Å². The van der Waals surface area contributed by atoms with Crippen molar-refractivity contribution in [1.82, 2.24) is 10.2 Å². The van der Waals surface area contributed by atoms with E-state index in [-0.39, 0.29) is 0 Å². The molecule has 0 spiro atoms. The van der Waals surface area contributed by atoms with E-state index in [1.54, 1.807) is 0 Å². The number of benzene rings is 1. The number of rotatable bonds is 1. The highest BCUT2D eigenvalue weighted by Gasteiger charge is 2.01. The highest BCUT2D eigenvalue weighted by molar-refractivity contribution is 5.89. The summed E-state index contributed by atoms with van der Waals surface area (Å²) in [5, 5.41) is 11.3. The third-order valence-electron chi connectivity index (χ3n) is 1.96. The number of aromatic nitrogens is 2. The second-order valence-corrected chi connectivity index (χ2v) is 2.87. The number of nitrogens with one attached hydrogen (secondary N) is 2. The predicted octanol–water partition coefficient (Wildman–Crippen LogP) is 1.91. The molecule has 0 amide bonds. The van der Waals surface area contributed by atoms with Gasteiger partial charge in [0.1, 0.15) is 0 Å². The second kappa shape index (κ2) is 2.52. The SMILES string of the molecule is CNc1n[nH]c2cc(C)ccc12. The van der Waals surface area contributed by atoms with Crippen LogP contribution in [-0.2, 0) is 0 Å². The van der Waals surface area contributed by atoms with E-state index in [2.05, 4.69) is 40.6 Å². The van der Waals surface area contributed by atoms with Gasteiger partial charge >= 0.3 is 0 Å². The van der Waals surface area contributed by atoms with E-state index in [4.69, 9.17) is 0 Å². The molecule has 0 saturated heterocycles. The summed E-state index contributed by atoms with van der Waals surface area (Å²) in [5.41, 5.74) is 2.33. The number of anilines is 1. The fraction of sp³-hybridized carbons (Fsp3) is 0.222. The molecule has 1 aromatic heterocycles. The molecular weight excluding hydrogens is 150 g/mol. The Labute approximate surface area is 70.8 Å². The van der Waals surface area contributed by atoms with E-state index in [0.717, 1.165) is 16.7 Å². The van der Waals surface area contributed by atoms with E-state index in [0.29, 0.717) is 0 Å². The molecule has 1 aromatic carbocycles. The van der Waals surface area contributed by atoms with Crippen molar-refractivity contribution in [3.63, 3.8) is 0 Å². The highest BCUT2D eigenvalue weighted by atomic mass is 15.2. The minimum absolute atomic E-state index is 0.907. The zero-order valence-electron chi connectivity index (χ0n) is 7.18. The minimum atomic E-state index is 0.907. The molecule has 3 nitrogen and oxygen atoms in total. The van der Waals surface area contributed by atoms with Gasteiger partial charge in [0, 0.05) is 12.4 Å². The van der Waals surface area contributed by atoms with E-state index >= 15 is 0 Å². The normalized spacial score (nSPS) is 10.5. The van der Waals surface area contributed by atoms with Gasteiger partial charge in [0.05, 0.1) is 5.52 Å². The van der Waals surface area contributed by atoms with Crippen LogP contribution >= 0.6 is 0 Å². The fourth-order valence-corrected chi connectivity index (χ4v) is 1.32. The summed E-state index contributed by atoms with van der Waals surface area (Å²) >= 11 is 0. The maximum atomic E-state index is 4.12. The number of hydrogen-bond donors (Lipinski definition) is 2. The van der Waals surface area contributed by atoms with Crippen LogP contribution in [0.1, 0.15) is 5.56 Å². The monoisotopic (exact) mass is 161 g/mol. The first-order chi connectivity index (χ1) is 5.81. The number of hydrogen-bond acceptors (Lipinski definition) is 2. The quantitative estimate of drug-likeness (QED) is 0.670. The first kappa shape index (κ1) is 7.16. The van der Waals surface area contributed by atoms with Gasteiger partial charge in [-0.3, -0.25) is 5.10 Å². The van der Waals surface area contributed by atoms with Crippen molar-refractivity contribution in [2.75, 3.05) is 12.4 Å². The van der Waals surface area contributed by atoms with Crippen molar-refractivity contribution < 1.29 is 0 Å². The van der Waals surface area contributed by atoms with Crippen LogP contribution in [-0.4, -0.2) is 17.2 Å². The largest absolute Gasteiger partial charge is 0.371 e. The fourth-order valence-electron chi connectivity index (χ4n) is 1.32. The van der Waals surface area contributed by atoms with Crippen molar-refractivity contribution in [1.29, 1.82) is 0 Å². The van der Waals surface area contributed by atoms with Crippen molar-refractivity contribution >= 4 is 16.7 Å². The van der Waals surface area contributed by atoms with Crippen molar-refractivity contribution in [3.8, 4) is 0 Å². The summed E-state index contributed by atoms with van der Waals surface area (Å²) in [7, 11) is 1.87. The smallest absolute Gasteiger partial charge is 0.155 e. The van der Waals surface area contributed by atoms with Crippen LogP contribution < -0.4 is 5.32 Å². The van der Waals surface area contributed by atoms with E-state index < -0.39 is 0 Å². The standard InChI is InChI=1S/C9H11N3/c1-6-3-4-7-8(5-6)11-12-9(7)10-2/h3-5H,1-2H3,(H2,10,11,12). The second-order valence-electron chi connectivity index (χ2n) is 2.87. The van der Waals surface area contributed by atoms with Gasteiger partial charge in [-0.15, -0.1) is 0 Å². The summed E-state index contributed by atoms with van der Waals surface area (Å²) in [6.07, 6.45) is 0. The summed E-state index contributed by atoms with van der Waals surface area (Å²) in [4.78, 5) is 0. The average molecular weight is 161 g/mol. The molecular formula is C9H11N3. The predicted molar refractivity (Wildman–Crippen MR) is 50.4 cm³/mol. The molecule has 0 atom stereocenters. The molecule has 0 bridgehead atoms. The van der Waals surface area contributed by atoms with Crippen LogP contribution in [0.25, 0.3) is 10.9 Å². The lowest BCUT2D eigenvalue weighted by Crippen LogP contribution is -1.87. The van der Waals surface area contributed by atoms with Gasteiger partial charge in [-0.1, -0.05) is 6.07 Å². The maximum absolute atomic E-state index is 4.12. The molecule has 2 N–H and O–H groups in total. The molecule has 2 rings (SSSR count). The van der Waals surface area contributed by atoms with Crippen molar-refractivity contribution in [2.24, 2.45) is 0 Å². The molecule has 0 radical (unpaired) electrons. The molecule has 0 aliphatic rings. The third kappa shape index (κ3) is 0.942. The Morgan fingerprint density at radius 2 is 2.25 bits per heavy atom. The Balaban J connectivity index is 2.73. The van der Waals surface area contributed by atoms with Crippen LogP contribution in [0.4, 0.5) is 5.82 Å². The summed E-state index contributed by atoms with van der Waals surface area (Å²) in [6, 6.07) is 6.24. The van der Waals surface area contributed by atoms with E-state index in [9.17, 15) is 0 Å². The van der Waals surface area contributed by atoms with Crippen LogP contribution in [0.15, 0.2) is 18.2 Å². The molecule has 0 aliphatic heterocycles. The van der Waals surface area contributed by atoms with Crippen LogP contribution in [0.3, 0.4) is 0 Å². The molecule has 1 heterocycles. The summed E-state index contributed by atoms with van der Waals surface area (Å²) in [6.45, 7) is 2.07. The Morgan fingerprint density at radius 3 is 3.00 bits per heavy atom. The number of aryl methyl sites for hydroxylation is 1. The average Bonchev–Trinajstić information content (AvgIpc) is 2.46. The topological polar surface area (TPSA) is 40.7 Å². The van der Waals surface area contributed by atoms with Gasteiger partial charge < -0.3 is 5.32 Å². The first-order valence-electron chi connectivity index (χ1n) is 3.94. The van der Waals surface area contributed by atoms with Gasteiger partial charge in [0.2, 0.25) is 0 Å². The van der Waals surface area contributed by atoms with Gasteiger partial charge in [-0.2, -0.15) is 5.10 Å². The minimum Gasteiger partial charge on any atom is -0.371 e. The van der Waals surface area contributed by atoms with Gasteiger partial charge in [0.15, 0.2) is 5.82 Å². The van der Waals surface area contributed by atoms with Crippen LogP contribution in [0, 0.1) is 6.92 Å². The van der Waals surface area contributed by atoms with Crippen molar-refractivity contribution in [2.45, 2.75) is 6.92 Å². The van der Waals surface area contributed by atoms with Crippen LogP contribution in [0.2, 0.25) is 0 Å². The number of aromatic amines is 1. The first-order valence-corrected chi connectivity index (χ1v) is 3.94. The maximum Gasteiger partial charge on any atom is 0.155 e. The molecule has 0 aliphatic carbocycles. The number of H-pyrrole nitrogens is 1. The zero-order chi connectivity index (χ0) is 8.55. The summed E-state index contributed by atoms with van der Waals surface area (Å²) < 4.78 is 0. The molecule has 0 saturated carbocycles. The molecule has 3 heteroatoms. The van der Waals surface area contributed by atoms with E-state index in [1.165, 1.54) is 5.56 Å². The summed E-state index contributed by atoms with van der Waals surface area (Å²) in [5.74, 6) is 0.907. The van der Waals surface area contributed by atoms with Crippen molar-refractivity contribution in [3.05, 3.63) is 23.8 Å². The Morgan fingerprint density at radius 1 is 1.42 bits per heavy atom. The molecule has 62 valence electrons. The van der Waals surface area contributed by atoms with Gasteiger partial charge in [-0.25, -0.2) is 0 Å². The lowest BCUT2D eigenvalue weighted by molar-refractivity contribution is 1.11. The number of fused-ring (bicyclic) bond motifs is 1. The Bertz CT molecular complexity index is 403. The number of nitrogens with zero attached hydrogens (tertiary/aromatic N) is 1. The van der Waals surface area contributed by atoms with Crippen LogP contribution in [0.5, 0.6) is 0 Å². The molecule has 0 unspecified atom stereocenters. The molecule has 0 fully saturated rings. The lowest BCUT2D eigenvalue weighted by atomic mass is 10.2. The third-order valence-corrected chi connectivity index (χ3v) is 1.96. The molecule has 12 heavy (non-hydrogen) atoms. The zero-order valence-corrected chi connectivity index (χ0v) is 7.18.